The Bertz CT molecular complexity index is 1290. The Balaban J connectivity index is 1.59. The van der Waals surface area contributed by atoms with Gasteiger partial charge in [0.05, 0.1) is 16.1 Å². The van der Waals surface area contributed by atoms with E-state index in [4.69, 9.17) is 4.74 Å². The van der Waals surface area contributed by atoms with Crippen LogP contribution >= 0.6 is 11.3 Å². The molecule has 34 heavy (non-hydrogen) atoms. The standard InChI is InChI=1S/C27H30N4O2S/c1-4-31(5-2)15-16-33-21-11-13-23(28-27(32)26-19(3)14-17-34-26)20(18-21)10-12-25-22-8-6-7-9-24(22)29-30-25/h6-14,17-18H,4-5,15-16H2,1-3H3,(H,28,32)(H,29,30). The monoisotopic (exact) mass is 474 g/mol. The number of hydrogen-bond donors (Lipinski definition) is 2. The second-order valence-electron chi connectivity index (χ2n) is 8.00. The van der Waals surface area contributed by atoms with Crippen molar-refractivity contribution in [3.63, 3.8) is 0 Å². The Labute approximate surface area is 204 Å². The van der Waals surface area contributed by atoms with Gasteiger partial charge in [-0.15, -0.1) is 11.3 Å². The number of nitrogens with one attached hydrogen (secondary N) is 2. The molecule has 4 aromatic rings. The Morgan fingerprint density at radius 1 is 1.15 bits per heavy atom. The molecule has 0 saturated carbocycles. The summed E-state index contributed by atoms with van der Waals surface area (Å²) in [7, 11) is 0. The normalized spacial score (nSPS) is 11.5. The van der Waals surface area contributed by atoms with Gasteiger partial charge in [0, 0.05) is 23.2 Å². The molecular weight excluding hydrogens is 444 g/mol. The topological polar surface area (TPSA) is 70.2 Å². The van der Waals surface area contributed by atoms with Crippen LogP contribution in [-0.2, 0) is 0 Å². The molecular formula is C27H30N4O2S. The molecule has 0 saturated heterocycles. The SMILES string of the molecule is CCN(CC)CCOc1ccc(NC(=O)c2sccc2C)c(C=Cc2n[nH]c3ccccc23)c1. The molecule has 0 aliphatic carbocycles. The maximum Gasteiger partial charge on any atom is 0.266 e. The molecule has 2 heterocycles. The molecule has 0 fully saturated rings. The highest BCUT2D eigenvalue weighted by molar-refractivity contribution is 7.12. The van der Waals surface area contributed by atoms with E-state index in [0.29, 0.717) is 11.5 Å². The van der Waals surface area contributed by atoms with E-state index < -0.39 is 0 Å². The first-order valence-corrected chi connectivity index (χ1v) is 12.4. The number of nitrogens with zero attached hydrogens (tertiary/aromatic N) is 2. The van der Waals surface area contributed by atoms with Gasteiger partial charge in [0.25, 0.3) is 5.91 Å². The number of anilines is 1. The van der Waals surface area contributed by atoms with Gasteiger partial charge in [-0.2, -0.15) is 5.10 Å². The number of fused-ring (bicyclic) bond motifs is 1. The Morgan fingerprint density at radius 2 is 1.97 bits per heavy atom. The van der Waals surface area contributed by atoms with Crippen molar-refractivity contribution in [1.29, 1.82) is 0 Å². The number of thiophene rings is 1. The summed E-state index contributed by atoms with van der Waals surface area (Å²) in [5.74, 6) is 0.659. The maximum atomic E-state index is 12.9. The lowest BCUT2D eigenvalue weighted by atomic mass is 10.1. The van der Waals surface area contributed by atoms with Crippen LogP contribution in [0.3, 0.4) is 0 Å². The number of carbonyl (C=O) groups excluding carboxylic acids is 1. The molecule has 4 rings (SSSR count). The molecule has 0 atom stereocenters. The van der Waals surface area contributed by atoms with Crippen molar-refractivity contribution in [2.45, 2.75) is 20.8 Å². The number of aromatic amines is 1. The molecule has 0 aliphatic rings. The summed E-state index contributed by atoms with van der Waals surface area (Å²) >= 11 is 1.44. The first-order valence-electron chi connectivity index (χ1n) is 11.5. The van der Waals surface area contributed by atoms with E-state index >= 15 is 0 Å². The minimum atomic E-state index is -0.109. The van der Waals surface area contributed by atoms with Crippen LogP contribution in [0.5, 0.6) is 5.75 Å². The number of likely N-dealkylation sites (N-methyl/N-ethyl adjacent to an activating group) is 1. The number of para-hydroxylation sites is 1. The van der Waals surface area contributed by atoms with Crippen LogP contribution in [0.4, 0.5) is 5.69 Å². The summed E-state index contributed by atoms with van der Waals surface area (Å²) in [6.07, 6.45) is 3.93. The second kappa shape index (κ2) is 11.1. The summed E-state index contributed by atoms with van der Waals surface area (Å²) in [4.78, 5) is 15.9. The zero-order valence-corrected chi connectivity index (χ0v) is 20.6. The van der Waals surface area contributed by atoms with Crippen molar-refractivity contribution in [1.82, 2.24) is 15.1 Å². The van der Waals surface area contributed by atoms with Gasteiger partial charge < -0.3 is 15.0 Å². The molecule has 7 heteroatoms. The number of hydrogen-bond acceptors (Lipinski definition) is 5. The van der Waals surface area contributed by atoms with E-state index in [1.54, 1.807) is 0 Å². The quantitative estimate of drug-likeness (QED) is 0.292. The van der Waals surface area contributed by atoms with Crippen molar-refractivity contribution < 1.29 is 9.53 Å². The number of benzene rings is 2. The molecule has 0 unspecified atom stereocenters. The fraction of sp³-hybridized carbons (Fsp3) is 0.259. The van der Waals surface area contributed by atoms with Crippen molar-refractivity contribution in [3.8, 4) is 5.75 Å². The zero-order chi connectivity index (χ0) is 23.9. The van der Waals surface area contributed by atoms with Gasteiger partial charge in [-0.25, -0.2) is 0 Å². The van der Waals surface area contributed by atoms with Gasteiger partial charge in [0.1, 0.15) is 12.4 Å². The predicted molar refractivity (Wildman–Crippen MR) is 142 cm³/mol. The van der Waals surface area contributed by atoms with Crippen molar-refractivity contribution in [2.75, 3.05) is 31.6 Å². The van der Waals surface area contributed by atoms with E-state index in [-0.39, 0.29) is 5.91 Å². The zero-order valence-electron chi connectivity index (χ0n) is 19.8. The number of H-pyrrole nitrogens is 1. The van der Waals surface area contributed by atoms with E-state index in [9.17, 15) is 4.79 Å². The van der Waals surface area contributed by atoms with Crippen LogP contribution in [-0.4, -0.2) is 47.2 Å². The third kappa shape index (κ3) is 5.55. The van der Waals surface area contributed by atoms with Crippen LogP contribution in [0.15, 0.2) is 53.9 Å². The predicted octanol–water partition coefficient (Wildman–Crippen LogP) is 6.08. The van der Waals surface area contributed by atoms with E-state index in [0.717, 1.165) is 58.8 Å². The van der Waals surface area contributed by atoms with E-state index in [1.165, 1.54) is 11.3 Å². The fourth-order valence-corrected chi connectivity index (χ4v) is 4.60. The van der Waals surface area contributed by atoms with Crippen LogP contribution in [0.2, 0.25) is 0 Å². The molecule has 0 radical (unpaired) electrons. The molecule has 0 aliphatic heterocycles. The van der Waals surface area contributed by atoms with E-state index in [2.05, 4.69) is 34.3 Å². The molecule has 1 amide bonds. The molecule has 2 N–H and O–H groups in total. The van der Waals surface area contributed by atoms with Crippen LogP contribution in [0, 0.1) is 6.92 Å². The molecule has 176 valence electrons. The van der Waals surface area contributed by atoms with E-state index in [1.807, 2.05) is 73.0 Å². The number of carbonyl (C=O) groups is 1. The van der Waals surface area contributed by atoms with Crippen molar-refractivity contribution in [2.24, 2.45) is 0 Å². The van der Waals surface area contributed by atoms with Gasteiger partial charge in [-0.3, -0.25) is 9.89 Å². The fourth-order valence-electron chi connectivity index (χ4n) is 3.78. The lowest BCUT2D eigenvalue weighted by Gasteiger charge is -2.18. The number of amides is 1. The van der Waals surface area contributed by atoms with Gasteiger partial charge in [0.2, 0.25) is 0 Å². The highest BCUT2D eigenvalue weighted by Gasteiger charge is 2.13. The molecule has 6 nitrogen and oxygen atoms in total. The molecule has 2 aromatic carbocycles. The van der Waals surface area contributed by atoms with Crippen LogP contribution < -0.4 is 10.1 Å². The molecule has 0 spiro atoms. The first-order chi connectivity index (χ1) is 16.6. The van der Waals surface area contributed by atoms with Gasteiger partial charge in [-0.05, 0) is 67.4 Å². The minimum Gasteiger partial charge on any atom is -0.492 e. The Kier molecular flexibility index (Phi) is 7.77. The second-order valence-corrected chi connectivity index (χ2v) is 8.92. The summed E-state index contributed by atoms with van der Waals surface area (Å²) in [5.41, 5.74) is 4.38. The van der Waals surface area contributed by atoms with Crippen molar-refractivity contribution >= 4 is 46.0 Å². The maximum absolute atomic E-state index is 12.9. The summed E-state index contributed by atoms with van der Waals surface area (Å²) in [6.45, 7) is 9.72. The summed E-state index contributed by atoms with van der Waals surface area (Å²) in [5, 5.41) is 13.5. The highest BCUT2D eigenvalue weighted by Crippen LogP contribution is 2.27. The number of rotatable bonds is 10. The Morgan fingerprint density at radius 3 is 2.74 bits per heavy atom. The molecule has 0 bridgehead atoms. The average molecular weight is 475 g/mol. The first kappa shape index (κ1) is 23.7. The lowest BCUT2D eigenvalue weighted by molar-refractivity contribution is 0.103. The number of aromatic nitrogens is 2. The van der Waals surface area contributed by atoms with Gasteiger partial charge >= 0.3 is 0 Å². The average Bonchev–Trinajstić information content (AvgIpc) is 3.47. The molecule has 2 aromatic heterocycles. The van der Waals surface area contributed by atoms with Gasteiger partial charge in [-0.1, -0.05) is 38.1 Å². The lowest BCUT2D eigenvalue weighted by Crippen LogP contribution is -2.27. The third-order valence-corrected chi connectivity index (χ3v) is 6.85. The highest BCUT2D eigenvalue weighted by atomic mass is 32.1. The van der Waals surface area contributed by atoms with Crippen LogP contribution in [0.1, 0.15) is 40.3 Å². The van der Waals surface area contributed by atoms with Crippen LogP contribution in [0.25, 0.3) is 23.1 Å². The summed E-state index contributed by atoms with van der Waals surface area (Å²) in [6, 6.07) is 15.7. The van der Waals surface area contributed by atoms with Gasteiger partial charge in [0.15, 0.2) is 0 Å². The van der Waals surface area contributed by atoms with Crippen molar-refractivity contribution in [3.05, 3.63) is 75.6 Å². The number of aryl methyl sites for hydroxylation is 1. The minimum absolute atomic E-state index is 0.109. The largest absolute Gasteiger partial charge is 0.492 e. The summed E-state index contributed by atoms with van der Waals surface area (Å²) < 4.78 is 6.03. The Hall–Kier alpha value is -3.42. The smallest absolute Gasteiger partial charge is 0.266 e. The third-order valence-electron chi connectivity index (χ3n) is 5.83. The number of ether oxygens (including phenoxy) is 1.